The van der Waals surface area contributed by atoms with Crippen molar-refractivity contribution in [3.8, 4) is 0 Å². The van der Waals surface area contributed by atoms with Crippen LogP contribution in [-0.2, 0) is 22.2 Å². The van der Waals surface area contributed by atoms with Gasteiger partial charge in [-0.2, -0.15) is 26.3 Å². The quantitative estimate of drug-likeness (QED) is 0.540. The Morgan fingerprint density at radius 1 is 1.03 bits per heavy atom. The predicted molar refractivity (Wildman–Crippen MR) is 111 cm³/mol. The highest BCUT2D eigenvalue weighted by Gasteiger charge is 2.43. The summed E-state index contributed by atoms with van der Waals surface area (Å²) >= 11 is 0. The summed E-state index contributed by atoms with van der Waals surface area (Å²) in [5.41, 5.74) is -2.20. The number of aromatic nitrogens is 1. The standard InChI is InChI=1S/C22H22F6N2O3S/c1-20(2,34(32,33)17-5-3-4-15(10-17)21(23,24)25)11-13-8-16(9-13)30-19(31)14-6-7-18(29-12-14)22(26,27)28/h3-7,10,12-13,16H,8-9,11H2,1-2H3,(H,30,31)/t13-,16-. The first-order valence-electron chi connectivity index (χ1n) is 10.3. The molecule has 34 heavy (non-hydrogen) atoms. The van der Waals surface area contributed by atoms with Gasteiger partial charge in [0.1, 0.15) is 5.69 Å². The average Bonchev–Trinajstić information content (AvgIpc) is 2.70. The number of halogens is 6. The Labute approximate surface area is 192 Å². The van der Waals surface area contributed by atoms with Gasteiger partial charge in [-0.05, 0) is 69.4 Å². The summed E-state index contributed by atoms with van der Waals surface area (Å²) in [4.78, 5) is 15.1. The van der Waals surface area contributed by atoms with E-state index in [2.05, 4.69) is 10.3 Å². The van der Waals surface area contributed by atoms with Crippen LogP contribution in [0.25, 0.3) is 0 Å². The highest BCUT2D eigenvalue weighted by atomic mass is 32.2. The number of alkyl halides is 6. The van der Waals surface area contributed by atoms with E-state index >= 15 is 0 Å². The maximum absolute atomic E-state index is 13.0. The summed E-state index contributed by atoms with van der Waals surface area (Å²) in [6, 6.07) is 5.04. The van der Waals surface area contributed by atoms with Crippen LogP contribution in [0.15, 0.2) is 47.5 Å². The van der Waals surface area contributed by atoms with Crippen molar-refractivity contribution < 1.29 is 39.6 Å². The Bertz CT molecular complexity index is 1150. The second kappa shape index (κ2) is 8.86. The van der Waals surface area contributed by atoms with Crippen molar-refractivity contribution in [2.24, 2.45) is 5.92 Å². The van der Waals surface area contributed by atoms with Crippen LogP contribution in [-0.4, -0.2) is 30.1 Å². The van der Waals surface area contributed by atoms with Crippen LogP contribution in [0.2, 0.25) is 0 Å². The molecule has 1 aliphatic carbocycles. The number of pyridine rings is 1. The van der Waals surface area contributed by atoms with Crippen LogP contribution in [0.3, 0.4) is 0 Å². The number of amides is 1. The van der Waals surface area contributed by atoms with Gasteiger partial charge in [-0.1, -0.05) is 6.07 Å². The molecular weight excluding hydrogens is 486 g/mol. The SMILES string of the molecule is CC(C)(C[C@H]1C[C@H](NC(=O)c2ccc(C(F)(F)F)nc2)C1)S(=O)(=O)c1cccc(C(F)(F)F)c1. The molecule has 3 rings (SSSR count). The molecule has 1 amide bonds. The summed E-state index contributed by atoms with van der Waals surface area (Å²) in [5, 5.41) is 2.67. The van der Waals surface area contributed by atoms with Crippen LogP contribution in [0, 0.1) is 5.92 Å². The first kappa shape index (κ1) is 26.0. The molecule has 0 saturated heterocycles. The van der Waals surface area contributed by atoms with Crippen molar-refractivity contribution in [3.63, 3.8) is 0 Å². The monoisotopic (exact) mass is 508 g/mol. The first-order chi connectivity index (χ1) is 15.5. The lowest BCUT2D eigenvalue weighted by molar-refractivity contribution is -0.141. The number of hydrogen-bond acceptors (Lipinski definition) is 4. The first-order valence-corrected chi connectivity index (χ1v) is 11.7. The number of hydrogen-bond donors (Lipinski definition) is 1. The largest absolute Gasteiger partial charge is 0.433 e. The van der Waals surface area contributed by atoms with Gasteiger partial charge in [0.15, 0.2) is 9.84 Å². The van der Waals surface area contributed by atoms with Gasteiger partial charge in [-0.3, -0.25) is 9.78 Å². The zero-order chi connectivity index (χ0) is 25.5. The highest BCUT2D eigenvalue weighted by Crippen LogP contribution is 2.40. The molecule has 0 atom stereocenters. The smallest absolute Gasteiger partial charge is 0.349 e. The fraction of sp³-hybridized carbons (Fsp3) is 0.455. The lowest BCUT2D eigenvalue weighted by Crippen LogP contribution is -2.47. The van der Waals surface area contributed by atoms with Gasteiger partial charge in [-0.15, -0.1) is 0 Å². The molecule has 12 heteroatoms. The third kappa shape index (κ3) is 5.53. The van der Waals surface area contributed by atoms with E-state index in [0.717, 1.165) is 30.5 Å². The average molecular weight is 508 g/mol. The molecule has 0 bridgehead atoms. The number of carbonyl (C=O) groups is 1. The van der Waals surface area contributed by atoms with Crippen molar-refractivity contribution in [2.45, 2.75) is 61.1 Å². The maximum Gasteiger partial charge on any atom is 0.433 e. The molecular formula is C22H22F6N2O3S. The van der Waals surface area contributed by atoms with Gasteiger partial charge < -0.3 is 5.32 Å². The van der Waals surface area contributed by atoms with Crippen molar-refractivity contribution in [3.05, 3.63) is 59.4 Å². The Morgan fingerprint density at radius 3 is 2.21 bits per heavy atom. The van der Waals surface area contributed by atoms with Crippen molar-refractivity contribution >= 4 is 15.7 Å². The van der Waals surface area contributed by atoms with Gasteiger partial charge >= 0.3 is 12.4 Å². The molecule has 0 unspecified atom stereocenters. The van der Waals surface area contributed by atoms with E-state index in [1.54, 1.807) is 0 Å². The molecule has 0 spiro atoms. The summed E-state index contributed by atoms with van der Waals surface area (Å²) in [5.74, 6) is -0.702. The maximum atomic E-state index is 13.0. The van der Waals surface area contributed by atoms with Crippen LogP contribution >= 0.6 is 0 Å². The summed E-state index contributed by atoms with van der Waals surface area (Å²) in [6.45, 7) is 2.89. The molecule has 186 valence electrons. The van der Waals surface area contributed by atoms with Crippen molar-refractivity contribution in [1.82, 2.24) is 10.3 Å². The summed E-state index contributed by atoms with van der Waals surface area (Å²) in [7, 11) is -4.08. The number of carbonyl (C=O) groups excluding carboxylic acids is 1. The number of sulfone groups is 1. The molecule has 1 aliphatic rings. The molecule has 1 aromatic heterocycles. The van der Waals surface area contributed by atoms with Crippen LogP contribution in [0.4, 0.5) is 26.3 Å². The molecule has 1 saturated carbocycles. The molecule has 0 aliphatic heterocycles. The minimum Gasteiger partial charge on any atom is -0.349 e. The van der Waals surface area contributed by atoms with E-state index in [-0.39, 0.29) is 23.9 Å². The highest BCUT2D eigenvalue weighted by molar-refractivity contribution is 7.92. The van der Waals surface area contributed by atoms with E-state index in [1.807, 2.05) is 0 Å². The third-order valence-electron chi connectivity index (χ3n) is 5.87. The zero-order valence-electron chi connectivity index (χ0n) is 18.2. The summed E-state index contributed by atoms with van der Waals surface area (Å²) < 4.78 is 101. The second-order valence-corrected chi connectivity index (χ2v) is 11.5. The lowest BCUT2D eigenvalue weighted by Gasteiger charge is -2.40. The van der Waals surface area contributed by atoms with E-state index in [4.69, 9.17) is 0 Å². The van der Waals surface area contributed by atoms with E-state index in [0.29, 0.717) is 25.0 Å². The number of benzene rings is 1. The van der Waals surface area contributed by atoms with Crippen molar-refractivity contribution in [2.75, 3.05) is 0 Å². The van der Waals surface area contributed by atoms with Gasteiger partial charge in [0.05, 0.1) is 20.8 Å². The summed E-state index contributed by atoms with van der Waals surface area (Å²) in [6.07, 6.45) is -7.42. The Morgan fingerprint density at radius 2 is 1.68 bits per heavy atom. The van der Waals surface area contributed by atoms with E-state index < -0.39 is 49.0 Å². The van der Waals surface area contributed by atoms with E-state index in [9.17, 15) is 39.6 Å². The molecule has 5 nitrogen and oxygen atoms in total. The fourth-order valence-electron chi connectivity index (χ4n) is 3.95. The van der Waals surface area contributed by atoms with Crippen LogP contribution in [0.5, 0.6) is 0 Å². The molecule has 1 fully saturated rings. The molecule has 2 aromatic rings. The zero-order valence-corrected chi connectivity index (χ0v) is 19.0. The molecule has 1 aromatic carbocycles. The Kier molecular flexibility index (Phi) is 6.77. The van der Waals surface area contributed by atoms with Crippen LogP contribution in [0.1, 0.15) is 54.7 Å². The minimum absolute atomic E-state index is 0.0381. The normalized spacial score (nSPS) is 19.4. The van der Waals surface area contributed by atoms with Crippen LogP contribution < -0.4 is 5.32 Å². The molecule has 1 N–H and O–H groups in total. The van der Waals surface area contributed by atoms with Gasteiger partial charge in [0.2, 0.25) is 0 Å². The van der Waals surface area contributed by atoms with E-state index in [1.165, 1.54) is 13.8 Å². The number of rotatable bonds is 6. The predicted octanol–water partition coefficient (Wildman–Crippen LogP) is 5.27. The topological polar surface area (TPSA) is 76.1 Å². The minimum atomic E-state index is -4.67. The van der Waals surface area contributed by atoms with Gasteiger partial charge in [0.25, 0.3) is 5.91 Å². The molecule has 1 heterocycles. The Hall–Kier alpha value is -2.63. The third-order valence-corrected chi connectivity index (χ3v) is 8.36. The number of nitrogens with one attached hydrogen (secondary N) is 1. The molecule has 0 radical (unpaired) electrons. The number of nitrogens with zero attached hydrogens (tertiary/aromatic N) is 1. The lowest BCUT2D eigenvalue weighted by atomic mass is 9.75. The Balaban J connectivity index is 1.59. The van der Waals surface area contributed by atoms with Gasteiger partial charge in [0, 0.05) is 12.2 Å². The van der Waals surface area contributed by atoms with Gasteiger partial charge in [-0.25, -0.2) is 8.42 Å². The fourth-order valence-corrected chi connectivity index (χ4v) is 5.58. The van der Waals surface area contributed by atoms with Crippen molar-refractivity contribution in [1.29, 1.82) is 0 Å². The second-order valence-electron chi connectivity index (χ2n) is 8.93.